The molecule has 2 aromatic carbocycles. The molecule has 0 saturated carbocycles. The van der Waals surface area contributed by atoms with E-state index in [1.807, 2.05) is 0 Å². The Labute approximate surface area is 169 Å². The van der Waals surface area contributed by atoms with E-state index in [1.165, 1.54) is 10.4 Å². The summed E-state index contributed by atoms with van der Waals surface area (Å²) in [7, 11) is -3.60. The van der Waals surface area contributed by atoms with E-state index in [0.717, 1.165) is 43.0 Å². The number of piperidine rings is 1. The van der Waals surface area contributed by atoms with E-state index in [-0.39, 0.29) is 17.1 Å². The van der Waals surface area contributed by atoms with Gasteiger partial charge in [-0.25, -0.2) is 17.2 Å². The molecule has 156 valence electrons. The molecule has 0 radical (unpaired) electrons. The maximum absolute atomic E-state index is 13.6. The van der Waals surface area contributed by atoms with Gasteiger partial charge in [0, 0.05) is 24.8 Å². The molecule has 0 aromatic heterocycles. The topological polar surface area (TPSA) is 78.5 Å². The summed E-state index contributed by atoms with van der Waals surface area (Å²) in [5, 5.41) is 5.17. The fourth-order valence-electron chi connectivity index (χ4n) is 3.17. The number of hydrogen-bond acceptors (Lipinski definition) is 4. The molecule has 0 spiro atoms. The lowest BCUT2D eigenvalue weighted by Crippen LogP contribution is -2.35. The standard InChI is InChI=1S/C20H23F2N3O3S/c1-14-5-7-16(29(27,28)25-9-3-2-4-10-25)12-18(14)23-13-20(26)24-19-11-15(21)6-8-17(19)22/h5-8,11-12,23H,2-4,9-10,13H2,1H3,(H,24,26). The second kappa shape index (κ2) is 8.87. The van der Waals surface area contributed by atoms with Crippen LogP contribution in [0.25, 0.3) is 0 Å². The molecule has 3 rings (SSSR count). The van der Waals surface area contributed by atoms with Crippen molar-refractivity contribution < 1.29 is 22.0 Å². The minimum Gasteiger partial charge on any atom is -0.376 e. The van der Waals surface area contributed by atoms with Crippen molar-refractivity contribution in [2.45, 2.75) is 31.1 Å². The molecular weight excluding hydrogens is 400 g/mol. The van der Waals surface area contributed by atoms with Crippen molar-refractivity contribution in [3.05, 3.63) is 53.6 Å². The zero-order chi connectivity index (χ0) is 21.0. The van der Waals surface area contributed by atoms with E-state index >= 15 is 0 Å². The Morgan fingerprint density at radius 3 is 2.48 bits per heavy atom. The van der Waals surface area contributed by atoms with Crippen LogP contribution in [-0.2, 0) is 14.8 Å². The number of nitrogens with zero attached hydrogens (tertiary/aromatic N) is 1. The Bertz CT molecular complexity index is 1010. The van der Waals surface area contributed by atoms with Crippen LogP contribution in [0, 0.1) is 18.6 Å². The van der Waals surface area contributed by atoms with E-state index in [1.54, 1.807) is 19.1 Å². The van der Waals surface area contributed by atoms with Crippen LogP contribution in [0.2, 0.25) is 0 Å². The highest BCUT2D eigenvalue weighted by Crippen LogP contribution is 2.25. The van der Waals surface area contributed by atoms with Crippen LogP contribution < -0.4 is 10.6 Å². The van der Waals surface area contributed by atoms with Gasteiger partial charge in [-0.1, -0.05) is 12.5 Å². The number of rotatable bonds is 6. The quantitative estimate of drug-likeness (QED) is 0.746. The van der Waals surface area contributed by atoms with E-state index in [9.17, 15) is 22.0 Å². The number of benzene rings is 2. The van der Waals surface area contributed by atoms with Crippen molar-refractivity contribution in [2.75, 3.05) is 30.3 Å². The number of halogens is 2. The second-order valence-corrected chi connectivity index (χ2v) is 8.91. The number of carbonyl (C=O) groups excluding carboxylic acids is 1. The average molecular weight is 423 g/mol. The van der Waals surface area contributed by atoms with Gasteiger partial charge in [0.2, 0.25) is 15.9 Å². The first-order valence-electron chi connectivity index (χ1n) is 9.37. The molecule has 1 heterocycles. The van der Waals surface area contributed by atoms with Crippen molar-refractivity contribution in [3.8, 4) is 0 Å². The summed E-state index contributed by atoms with van der Waals surface area (Å²) in [6.07, 6.45) is 2.70. The molecule has 2 N–H and O–H groups in total. The largest absolute Gasteiger partial charge is 0.376 e. The predicted octanol–water partition coefficient (Wildman–Crippen LogP) is 3.50. The molecule has 2 aromatic rings. The summed E-state index contributed by atoms with van der Waals surface area (Å²) < 4.78 is 54.0. The van der Waals surface area contributed by atoms with E-state index in [2.05, 4.69) is 10.6 Å². The molecule has 0 aliphatic carbocycles. The van der Waals surface area contributed by atoms with Gasteiger partial charge in [-0.15, -0.1) is 0 Å². The Hall–Kier alpha value is -2.52. The third-order valence-corrected chi connectivity index (χ3v) is 6.70. The lowest BCUT2D eigenvalue weighted by molar-refractivity contribution is -0.114. The summed E-state index contributed by atoms with van der Waals surface area (Å²) in [5.41, 5.74) is 0.986. The number of nitrogens with one attached hydrogen (secondary N) is 2. The highest BCUT2D eigenvalue weighted by molar-refractivity contribution is 7.89. The highest BCUT2D eigenvalue weighted by Gasteiger charge is 2.26. The number of hydrogen-bond donors (Lipinski definition) is 2. The van der Waals surface area contributed by atoms with Gasteiger partial charge in [-0.3, -0.25) is 4.79 Å². The van der Waals surface area contributed by atoms with Gasteiger partial charge >= 0.3 is 0 Å². The summed E-state index contributed by atoms with van der Waals surface area (Å²) in [5.74, 6) is -2.00. The summed E-state index contributed by atoms with van der Waals surface area (Å²) >= 11 is 0. The summed E-state index contributed by atoms with van der Waals surface area (Å²) in [4.78, 5) is 12.3. The van der Waals surface area contributed by atoms with Crippen LogP contribution in [0.15, 0.2) is 41.3 Å². The van der Waals surface area contributed by atoms with Gasteiger partial charge in [0.15, 0.2) is 0 Å². The number of aryl methyl sites for hydroxylation is 1. The molecular formula is C20H23F2N3O3S. The predicted molar refractivity (Wildman–Crippen MR) is 107 cm³/mol. The first kappa shape index (κ1) is 21.2. The first-order valence-corrected chi connectivity index (χ1v) is 10.8. The molecule has 1 fully saturated rings. The fourth-order valence-corrected chi connectivity index (χ4v) is 4.71. The Kier molecular flexibility index (Phi) is 6.49. The molecule has 1 saturated heterocycles. The van der Waals surface area contributed by atoms with Crippen LogP contribution in [0.4, 0.5) is 20.2 Å². The molecule has 1 aliphatic heterocycles. The van der Waals surface area contributed by atoms with Gasteiger partial charge in [-0.2, -0.15) is 4.31 Å². The summed E-state index contributed by atoms with van der Waals surface area (Å²) in [6.45, 7) is 2.55. The van der Waals surface area contributed by atoms with Crippen LogP contribution in [0.5, 0.6) is 0 Å². The molecule has 6 nitrogen and oxygen atoms in total. The first-order chi connectivity index (χ1) is 13.8. The Morgan fingerprint density at radius 2 is 1.76 bits per heavy atom. The fraction of sp³-hybridized carbons (Fsp3) is 0.350. The zero-order valence-corrected chi connectivity index (χ0v) is 16.9. The van der Waals surface area contributed by atoms with Crippen molar-refractivity contribution in [1.82, 2.24) is 4.31 Å². The third kappa shape index (κ3) is 5.10. The van der Waals surface area contributed by atoms with Crippen molar-refractivity contribution in [2.24, 2.45) is 0 Å². The van der Waals surface area contributed by atoms with Crippen molar-refractivity contribution in [3.63, 3.8) is 0 Å². The minimum absolute atomic E-state index is 0.157. The number of sulfonamides is 1. The van der Waals surface area contributed by atoms with Crippen LogP contribution in [0.1, 0.15) is 24.8 Å². The van der Waals surface area contributed by atoms with E-state index < -0.39 is 27.6 Å². The highest BCUT2D eigenvalue weighted by atomic mass is 32.2. The Morgan fingerprint density at radius 1 is 1.03 bits per heavy atom. The van der Waals surface area contributed by atoms with E-state index in [0.29, 0.717) is 18.8 Å². The number of anilines is 2. The zero-order valence-electron chi connectivity index (χ0n) is 16.0. The smallest absolute Gasteiger partial charge is 0.243 e. The third-order valence-electron chi connectivity index (χ3n) is 4.80. The van der Waals surface area contributed by atoms with Crippen molar-refractivity contribution in [1.29, 1.82) is 0 Å². The minimum atomic E-state index is -3.60. The van der Waals surface area contributed by atoms with Gasteiger partial charge in [0.05, 0.1) is 17.1 Å². The second-order valence-electron chi connectivity index (χ2n) is 6.97. The molecule has 1 aliphatic rings. The lowest BCUT2D eigenvalue weighted by Gasteiger charge is -2.26. The summed E-state index contributed by atoms with van der Waals surface area (Å²) in [6, 6.07) is 7.49. The van der Waals surface area contributed by atoms with E-state index in [4.69, 9.17) is 0 Å². The van der Waals surface area contributed by atoms with Crippen LogP contribution in [0.3, 0.4) is 0 Å². The van der Waals surface area contributed by atoms with Gasteiger partial charge in [0.25, 0.3) is 0 Å². The van der Waals surface area contributed by atoms with Crippen LogP contribution >= 0.6 is 0 Å². The van der Waals surface area contributed by atoms with Crippen LogP contribution in [-0.4, -0.2) is 38.3 Å². The maximum atomic E-state index is 13.6. The maximum Gasteiger partial charge on any atom is 0.243 e. The molecule has 29 heavy (non-hydrogen) atoms. The normalized spacial score (nSPS) is 15.1. The van der Waals surface area contributed by atoms with Crippen molar-refractivity contribution >= 4 is 27.3 Å². The van der Waals surface area contributed by atoms with Gasteiger partial charge in [-0.05, 0) is 49.6 Å². The lowest BCUT2D eigenvalue weighted by atomic mass is 10.2. The number of amides is 1. The molecule has 0 bridgehead atoms. The molecule has 1 amide bonds. The van der Waals surface area contributed by atoms with Gasteiger partial charge < -0.3 is 10.6 Å². The van der Waals surface area contributed by atoms with Gasteiger partial charge in [0.1, 0.15) is 11.6 Å². The average Bonchev–Trinajstić information content (AvgIpc) is 2.70. The molecule has 9 heteroatoms. The SMILES string of the molecule is Cc1ccc(S(=O)(=O)N2CCCCC2)cc1NCC(=O)Nc1cc(F)ccc1F. The number of carbonyl (C=O) groups is 1. The monoisotopic (exact) mass is 423 g/mol. The Balaban J connectivity index is 1.70. The molecule has 0 atom stereocenters. The molecule has 0 unspecified atom stereocenters.